The molecule has 1 rings (SSSR count). The van der Waals surface area contributed by atoms with Crippen molar-refractivity contribution in [3.8, 4) is 0 Å². The van der Waals surface area contributed by atoms with E-state index in [-0.39, 0.29) is 17.1 Å². The van der Waals surface area contributed by atoms with E-state index in [0.717, 1.165) is 5.56 Å². The van der Waals surface area contributed by atoms with Crippen LogP contribution in [0.5, 0.6) is 0 Å². The van der Waals surface area contributed by atoms with Crippen LogP contribution in [-0.4, -0.2) is 8.32 Å². The lowest BCUT2D eigenvalue weighted by Crippen LogP contribution is -2.41. The largest absolute Gasteiger partial charge is 0.286 e. The van der Waals surface area contributed by atoms with Crippen molar-refractivity contribution in [3.63, 3.8) is 0 Å². The third kappa shape index (κ3) is 4.30. The van der Waals surface area contributed by atoms with Gasteiger partial charge in [-0.25, -0.2) is 4.89 Å². The summed E-state index contributed by atoms with van der Waals surface area (Å²) in [7, 11) is -1.92. The smallest absolute Gasteiger partial charge is 0.238 e. The molecule has 3 heteroatoms. The van der Waals surface area contributed by atoms with Crippen molar-refractivity contribution in [3.05, 3.63) is 48.6 Å². The van der Waals surface area contributed by atoms with Crippen LogP contribution in [0.25, 0.3) is 0 Å². The van der Waals surface area contributed by atoms with Crippen LogP contribution in [0.1, 0.15) is 39.4 Å². The fraction of sp³-hybridized carbons (Fsp3) is 0.529. The summed E-state index contributed by atoms with van der Waals surface area (Å²) in [5, 5.41) is 0.131. The fourth-order valence-electron chi connectivity index (χ4n) is 1.51. The molecule has 112 valence electrons. The van der Waals surface area contributed by atoms with E-state index in [4.69, 9.17) is 9.46 Å². The summed E-state index contributed by atoms with van der Waals surface area (Å²) < 4.78 is 5.92. The van der Waals surface area contributed by atoms with Gasteiger partial charge in [0.15, 0.2) is 0 Å². The molecule has 20 heavy (non-hydrogen) atoms. The van der Waals surface area contributed by atoms with Gasteiger partial charge in [-0.2, -0.15) is 0 Å². The second-order valence-electron chi connectivity index (χ2n) is 6.87. The van der Waals surface area contributed by atoms with Gasteiger partial charge in [0.05, 0.1) is 0 Å². The van der Waals surface area contributed by atoms with Crippen LogP contribution in [0.4, 0.5) is 0 Å². The van der Waals surface area contributed by atoms with Gasteiger partial charge in [0.1, 0.15) is 6.10 Å². The van der Waals surface area contributed by atoms with Crippen LogP contribution in [0.2, 0.25) is 18.1 Å². The molecule has 0 saturated carbocycles. The molecule has 2 atom stereocenters. The molecule has 2 unspecified atom stereocenters. The van der Waals surface area contributed by atoms with Gasteiger partial charge in [-0.05, 0) is 23.7 Å². The van der Waals surface area contributed by atoms with E-state index in [1.165, 1.54) is 0 Å². The second kappa shape index (κ2) is 6.70. The number of hydrogen-bond donors (Lipinski definition) is 0. The molecule has 0 spiro atoms. The van der Waals surface area contributed by atoms with E-state index in [2.05, 4.69) is 59.5 Å². The van der Waals surface area contributed by atoms with Crippen LogP contribution < -0.4 is 0 Å². The molecule has 0 heterocycles. The Bertz CT molecular complexity index is 420. The van der Waals surface area contributed by atoms with Crippen LogP contribution in [0.3, 0.4) is 0 Å². The zero-order chi connectivity index (χ0) is 15.4. The molecule has 0 saturated heterocycles. The van der Waals surface area contributed by atoms with Crippen LogP contribution in [0, 0.1) is 5.92 Å². The first-order chi connectivity index (χ1) is 9.19. The van der Waals surface area contributed by atoms with Crippen LogP contribution in [0.15, 0.2) is 43.0 Å². The van der Waals surface area contributed by atoms with Gasteiger partial charge in [0.25, 0.3) is 0 Å². The van der Waals surface area contributed by atoms with E-state index in [1.54, 1.807) is 0 Å². The van der Waals surface area contributed by atoms with E-state index < -0.39 is 8.32 Å². The van der Waals surface area contributed by atoms with Crippen molar-refractivity contribution in [2.45, 2.75) is 51.9 Å². The Kier molecular flexibility index (Phi) is 5.75. The molecule has 0 aliphatic carbocycles. The first kappa shape index (κ1) is 17.1. The highest BCUT2D eigenvalue weighted by Crippen LogP contribution is 2.38. The summed E-state index contributed by atoms with van der Waals surface area (Å²) >= 11 is 0. The predicted molar refractivity (Wildman–Crippen MR) is 87.9 cm³/mol. The molecule has 2 nitrogen and oxygen atoms in total. The van der Waals surface area contributed by atoms with Crippen molar-refractivity contribution < 1.29 is 9.46 Å². The molecule has 1 aromatic rings. The maximum absolute atomic E-state index is 5.92. The Balaban J connectivity index is 2.85. The van der Waals surface area contributed by atoms with Crippen molar-refractivity contribution in [2.24, 2.45) is 5.92 Å². The minimum absolute atomic E-state index is 0.108. The van der Waals surface area contributed by atoms with E-state index in [1.807, 2.05) is 24.3 Å². The first-order valence-corrected chi connectivity index (χ1v) is 10.1. The predicted octanol–water partition coefficient (Wildman–Crippen LogP) is 5.50. The van der Waals surface area contributed by atoms with Gasteiger partial charge in [-0.3, -0.25) is 4.58 Å². The van der Waals surface area contributed by atoms with Crippen molar-refractivity contribution >= 4 is 8.32 Å². The monoisotopic (exact) mass is 292 g/mol. The molecule has 1 aromatic carbocycles. The molecule has 0 N–H and O–H groups in total. The maximum atomic E-state index is 5.92. The summed E-state index contributed by atoms with van der Waals surface area (Å²) in [5.41, 5.74) is 1.12. The molecular weight excluding hydrogens is 264 g/mol. The quantitative estimate of drug-likeness (QED) is 0.298. The highest BCUT2D eigenvalue weighted by Gasteiger charge is 2.40. The van der Waals surface area contributed by atoms with Crippen LogP contribution in [-0.2, 0) is 9.46 Å². The summed E-state index contributed by atoms with van der Waals surface area (Å²) in [4.78, 5) is 5.86. The minimum atomic E-state index is -1.92. The summed E-state index contributed by atoms with van der Waals surface area (Å²) in [5.74, 6) is 0.196. The Labute approximate surface area is 124 Å². The van der Waals surface area contributed by atoms with Gasteiger partial charge >= 0.3 is 0 Å². The summed E-state index contributed by atoms with van der Waals surface area (Å²) in [6, 6.07) is 10.2. The Morgan fingerprint density at radius 1 is 1.15 bits per heavy atom. The zero-order valence-electron chi connectivity index (χ0n) is 13.6. The average Bonchev–Trinajstić information content (AvgIpc) is 2.38. The maximum Gasteiger partial charge on any atom is 0.238 e. The van der Waals surface area contributed by atoms with Crippen molar-refractivity contribution in [2.75, 3.05) is 0 Å². The van der Waals surface area contributed by atoms with Crippen molar-refractivity contribution in [1.29, 1.82) is 0 Å². The lowest BCUT2D eigenvalue weighted by molar-refractivity contribution is -0.269. The van der Waals surface area contributed by atoms with Crippen molar-refractivity contribution in [1.82, 2.24) is 0 Å². The van der Waals surface area contributed by atoms with Gasteiger partial charge in [-0.15, -0.1) is 6.58 Å². The van der Waals surface area contributed by atoms with Gasteiger partial charge in [-0.1, -0.05) is 64.1 Å². The lowest BCUT2D eigenvalue weighted by Gasteiger charge is -2.36. The Hall–Kier alpha value is -0.903. The molecular formula is C17H28O2Si. The van der Waals surface area contributed by atoms with Crippen LogP contribution >= 0.6 is 0 Å². The standard InChI is InChI=1S/C17H28O2Si/c1-8-14(2)16(15-12-10-9-11-13-15)18-19-20(6,7)17(3,4)5/h8-14,16H,1H2,2-7H3. The number of hydrogen-bond acceptors (Lipinski definition) is 2. The van der Waals surface area contributed by atoms with Gasteiger partial charge in [0, 0.05) is 5.92 Å². The summed E-state index contributed by atoms with van der Waals surface area (Å²) in [6.07, 6.45) is 1.80. The highest BCUT2D eigenvalue weighted by molar-refractivity contribution is 6.73. The van der Waals surface area contributed by atoms with Gasteiger partial charge < -0.3 is 0 Å². The van der Waals surface area contributed by atoms with E-state index in [0.29, 0.717) is 0 Å². The molecule has 0 aromatic heterocycles. The lowest BCUT2D eigenvalue weighted by atomic mass is 9.98. The zero-order valence-corrected chi connectivity index (χ0v) is 14.6. The Morgan fingerprint density at radius 3 is 2.15 bits per heavy atom. The topological polar surface area (TPSA) is 18.5 Å². The minimum Gasteiger partial charge on any atom is -0.286 e. The van der Waals surface area contributed by atoms with E-state index >= 15 is 0 Å². The average molecular weight is 292 g/mol. The third-order valence-electron chi connectivity index (χ3n) is 4.14. The molecule has 0 amide bonds. The molecule has 0 radical (unpaired) electrons. The number of benzene rings is 1. The third-order valence-corrected chi connectivity index (χ3v) is 8.27. The van der Waals surface area contributed by atoms with Gasteiger partial charge in [0.2, 0.25) is 8.32 Å². The molecule has 0 aliphatic heterocycles. The second-order valence-corrected chi connectivity index (χ2v) is 11.6. The fourth-order valence-corrected chi connectivity index (χ4v) is 2.10. The molecule has 0 fully saturated rings. The Morgan fingerprint density at radius 2 is 1.70 bits per heavy atom. The normalized spacial score (nSPS) is 15.7. The number of rotatable bonds is 6. The highest BCUT2D eigenvalue weighted by atomic mass is 28.4. The molecule has 0 bridgehead atoms. The summed E-state index contributed by atoms with van der Waals surface area (Å²) in [6.45, 7) is 17.0. The molecule has 0 aliphatic rings. The van der Waals surface area contributed by atoms with E-state index in [9.17, 15) is 0 Å². The SMILES string of the molecule is C=CC(C)C(OO[Si](C)(C)C(C)(C)C)c1ccccc1. The first-order valence-electron chi connectivity index (χ1n) is 7.21.